The number of esters is 1. The van der Waals surface area contributed by atoms with E-state index in [4.69, 9.17) is 18.9 Å². The van der Waals surface area contributed by atoms with Crippen molar-refractivity contribution in [3.63, 3.8) is 0 Å². The van der Waals surface area contributed by atoms with E-state index in [1.54, 1.807) is 33.3 Å². The molecule has 1 aromatic carbocycles. The van der Waals surface area contributed by atoms with Crippen LogP contribution in [0.3, 0.4) is 0 Å². The van der Waals surface area contributed by atoms with Crippen LogP contribution >= 0.6 is 22.6 Å². The van der Waals surface area contributed by atoms with Crippen molar-refractivity contribution in [2.24, 2.45) is 0 Å². The first-order chi connectivity index (χ1) is 9.62. The second kappa shape index (κ2) is 8.80. The summed E-state index contributed by atoms with van der Waals surface area (Å²) in [5, 5.41) is 0. The van der Waals surface area contributed by atoms with Crippen LogP contribution in [-0.2, 0) is 14.3 Å². The van der Waals surface area contributed by atoms with Gasteiger partial charge in [0.05, 0.1) is 17.3 Å². The largest absolute Gasteiger partial charge is 0.493 e. The molecule has 0 unspecified atom stereocenters. The molecule has 0 atom stereocenters. The number of halogens is 1. The summed E-state index contributed by atoms with van der Waals surface area (Å²) in [7, 11) is 3.11. The quantitative estimate of drug-likeness (QED) is 0.309. The van der Waals surface area contributed by atoms with Gasteiger partial charge in [-0.15, -0.1) is 0 Å². The number of rotatable bonds is 7. The molecule has 0 saturated heterocycles. The Labute approximate surface area is 132 Å². The summed E-state index contributed by atoms with van der Waals surface area (Å²) < 4.78 is 21.3. The Balaban J connectivity index is 2.95. The lowest BCUT2D eigenvalue weighted by molar-refractivity contribution is -0.137. The molecule has 0 heterocycles. The van der Waals surface area contributed by atoms with E-state index < -0.39 is 0 Å². The van der Waals surface area contributed by atoms with Gasteiger partial charge in [0.15, 0.2) is 18.3 Å². The summed E-state index contributed by atoms with van der Waals surface area (Å²) >= 11 is 2.14. The molecule has 1 rings (SSSR count). The molecule has 0 aliphatic rings. The lowest BCUT2D eigenvalue weighted by Crippen LogP contribution is -2.03. The summed E-state index contributed by atoms with van der Waals surface area (Å²) in [6, 6.07) is 3.66. The minimum absolute atomic E-state index is 0.143. The molecule has 1 aromatic rings. The summed E-state index contributed by atoms with van der Waals surface area (Å²) in [6.07, 6.45) is 3.05. The van der Waals surface area contributed by atoms with Crippen molar-refractivity contribution < 1.29 is 23.7 Å². The summed E-state index contributed by atoms with van der Waals surface area (Å²) in [5.74, 6) is 0.821. The molecule has 0 N–H and O–H groups in total. The van der Waals surface area contributed by atoms with Crippen molar-refractivity contribution in [1.29, 1.82) is 0 Å². The van der Waals surface area contributed by atoms with E-state index in [-0.39, 0.29) is 12.8 Å². The molecule has 0 fully saturated rings. The van der Waals surface area contributed by atoms with Gasteiger partial charge in [0.1, 0.15) is 0 Å². The third-order valence-corrected chi connectivity index (χ3v) is 3.07. The van der Waals surface area contributed by atoms with Crippen LogP contribution in [0.2, 0.25) is 0 Å². The molecule has 5 nitrogen and oxygen atoms in total. The number of ether oxygens (including phenoxy) is 4. The van der Waals surface area contributed by atoms with Crippen molar-refractivity contribution in [2.45, 2.75) is 6.92 Å². The predicted octanol–water partition coefficient (Wildman–Crippen LogP) is 2.86. The van der Waals surface area contributed by atoms with Crippen LogP contribution in [0.1, 0.15) is 12.5 Å². The second-order valence-electron chi connectivity index (χ2n) is 3.67. The molecule has 20 heavy (non-hydrogen) atoms. The maximum absolute atomic E-state index is 11.3. The van der Waals surface area contributed by atoms with Gasteiger partial charge < -0.3 is 18.9 Å². The monoisotopic (exact) mass is 392 g/mol. The van der Waals surface area contributed by atoms with Gasteiger partial charge in [-0.25, -0.2) is 4.79 Å². The zero-order valence-corrected chi connectivity index (χ0v) is 13.8. The fourth-order valence-electron chi connectivity index (χ4n) is 1.45. The Morgan fingerprint density at radius 1 is 1.35 bits per heavy atom. The molecule has 0 saturated carbocycles. The number of hydrogen-bond donors (Lipinski definition) is 0. The number of hydrogen-bond acceptors (Lipinski definition) is 5. The fourth-order valence-corrected chi connectivity index (χ4v) is 2.23. The molecular weight excluding hydrogens is 375 g/mol. The van der Waals surface area contributed by atoms with E-state index in [1.807, 2.05) is 6.07 Å². The van der Waals surface area contributed by atoms with Gasteiger partial charge in [-0.3, -0.25) is 0 Å². The second-order valence-corrected chi connectivity index (χ2v) is 4.83. The maximum Gasteiger partial charge on any atom is 0.330 e. The van der Waals surface area contributed by atoms with Crippen LogP contribution in [0.15, 0.2) is 18.2 Å². The first kappa shape index (κ1) is 16.8. The van der Waals surface area contributed by atoms with E-state index in [9.17, 15) is 4.79 Å². The van der Waals surface area contributed by atoms with Crippen LogP contribution in [-0.4, -0.2) is 33.6 Å². The third kappa shape index (κ3) is 5.01. The Bertz CT molecular complexity index is 485. The minimum atomic E-state index is -0.374. The maximum atomic E-state index is 11.3. The topological polar surface area (TPSA) is 54.0 Å². The highest BCUT2D eigenvalue weighted by molar-refractivity contribution is 14.1. The standard InChI is InChI=1S/C14H17IO5/c1-4-19-13(16)6-5-10-7-11(15)14(20-9-17-2)12(8-10)18-3/h5-8H,4,9H2,1-3H3/b6-5+. The zero-order chi connectivity index (χ0) is 15.0. The van der Waals surface area contributed by atoms with Crippen molar-refractivity contribution in [3.8, 4) is 11.5 Å². The van der Waals surface area contributed by atoms with Gasteiger partial charge in [0, 0.05) is 13.2 Å². The van der Waals surface area contributed by atoms with Gasteiger partial charge in [0.25, 0.3) is 0 Å². The highest BCUT2D eigenvalue weighted by Gasteiger charge is 2.10. The van der Waals surface area contributed by atoms with E-state index in [1.165, 1.54) is 6.08 Å². The van der Waals surface area contributed by atoms with E-state index in [0.29, 0.717) is 18.1 Å². The van der Waals surface area contributed by atoms with E-state index in [0.717, 1.165) is 9.13 Å². The zero-order valence-electron chi connectivity index (χ0n) is 11.6. The first-order valence-electron chi connectivity index (χ1n) is 5.96. The SMILES string of the molecule is CCOC(=O)/C=C/c1cc(I)c(OCOC)c(OC)c1. The Hall–Kier alpha value is -1.28. The molecule has 6 heteroatoms. The summed E-state index contributed by atoms with van der Waals surface area (Å²) in [6.45, 7) is 2.26. The molecule has 0 radical (unpaired) electrons. The molecule has 0 spiro atoms. The Kier molecular flexibility index (Phi) is 7.38. The first-order valence-corrected chi connectivity index (χ1v) is 7.04. The van der Waals surface area contributed by atoms with Crippen LogP contribution in [0.5, 0.6) is 11.5 Å². The van der Waals surface area contributed by atoms with Crippen molar-refractivity contribution in [2.75, 3.05) is 27.6 Å². The summed E-state index contributed by atoms with van der Waals surface area (Å²) in [4.78, 5) is 11.3. The lowest BCUT2D eigenvalue weighted by Gasteiger charge is -2.12. The van der Waals surface area contributed by atoms with Crippen molar-refractivity contribution in [3.05, 3.63) is 27.3 Å². The lowest BCUT2D eigenvalue weighted by atomic mass is 10.2. The van der Waals surface area contributed by atoms with Gasteiger partial charge in [-0.1, -0.05) is 0 Å². The van der Waals surface area contributed by atoms with Gasteiger partial charge >= 0.3 is 5.97 Å². The van der Waals surface area contributed by atoms with Gasteiger partial charge in [0.2, 0.25) is 0 Å². The molecule has 0 aliphatic carbocycles. The molecular formula is C14H17IO5. The third-order valence-electron chi connectivity index (χ3n) is 2.27. The molecule has 0 amide bonds. The average molecular weight is 392 g/mol. The van der Waals surface area contributed by atoms with Crippen LogP contribution in [0, 0.1) is 3.57 Å². The molecule has 0 aromatic heterocycles. The smallest absolute Gasteiger partial charge is 0.330 e. The highest BCUT2D eigenvalue weighted by Crippen LogP contribution is 2.34. The normalized spacial score (nSPS) is 10.6. The molecule has 110 valence electrons. The van der Waals surface area contributed by atoms with Crippen molar-refractivity contribution in [1.82, 2.24) is 0 Å². The van der Waals surface area contributed by atoms with Crippen LogP contribution in [0.4, 0.5) is 0 Å². The fraction of sp³-hybridized carbons (Fsp3) is 0.357. The average Bonchev–Trinajstić information content (AvgIpc) is 2.43. The highest BCUT2D eigenvalue weighted by atomic mass is 127. The number of carbonyl (C=O) groups excluding carboxylic acids is 1. The van der Waals surface area contributed by atoms with E-state index >= 15 is 0 Å². The van der Waals surface area contributed by atoms with Gasteiger partial charge in [-0.2, -0.15) is 0 Å². The minimum Gasteiger partial charge on any atom is -0.493 e. The summed E-state index contributed by atoms with van der Waals surface area (Å²) in [5.41, 5.74) is 0.823. The number of methoxy groups -OCH3 is 2. The van der Waals surface area contributed by atoms with Gasteiger partial charge in [-0.05, 0) is 53.3 Å². The predicted molar refractivity (Wildman–Crippen MR) is 83.9 cm³/mol. The number of carbonyl (C=O) groups is 1. The van der Waals surface area contributed by atoms with Crippen LogP contribution in [0.25, 0.3) is 6.08 Å². The Morgan fingerprint density at radius 2 is 2.10 bits per heavy atom. The van der Waals surface area contributed by atoms with Crippen molar-refractivity contribution >= 4 is 34.6 Å². The van der Waals surface area contributed by atoms with Crippen LogP contribution < -0.4 is 9.47 Å². The molecule has 0 aliphatic heterocycles. The molecule has 0 bridgehead atoms. The number of benzene rings is 1. The van der Waals surface area contributed by atoms with E-state index in [2.05, 4.69) is 22.6 Å². The Morgan fingerprint density at radius 3 is 2.70 bits per heavy atom.